The van der Waals surface area contributed by atoms with Gasteiger partial charge in [-0.2, -0.15) is 0 Å². The van der Waals surface area contributed by atoms with Gasteiger partial charge >= 0.3 is 24.1 Å². The number of aliphatic hydroxyl groups excluding tert-OH is 2. The Balaban J connectivity index is 3.03. The standard InChI is InChI=1S/C17H26N4O11/c1-8(23)30-3-4-31-17(28)21-15(18)19-10-6-12(14(25)26)32-11(5-9(24)7-22)13(10)20-16(27)29-2/h6,9-11,13,22,24H,3-5,7H2,1-2H3,(H,20,27)(H,25,26)(H3,18,19,21,28)/t9-,10+,11+,13+/m0/s1. The Morgan fingerprint density at radius 3 is 2.47 bits per heavy atom. The Labute approximate surface area is 182 Å². The van der Waals surface area contributed by atoms with Crippen molar-refractivity contribution in [2.75, 3.05) is 26.9 Å². The number of hydrogen-bond acceptors (Lipinski definition) is 11. The molecule has 0 aromatic heterocycles. The first kappa shape index (κ1) is 26.4. The number of methoxy groups -OCH3 is 1. The molecule has 15 nitrogen and oxygen atoms in total. The summed E-state index contributed by atoms with van der Waals surface area (Å²) in [4.78, 5) is 49.6. The fourth-order valence-corrected chi connectivity index (χ4v) is 2.56. The molecule has 0 saturated heterocycles. The van der Waals surface area contributed by atoms with Crippen LogP contribution in [-0.4, -0.2) is 96.6 Å². The molecule has 0 aromatic carbocycles. The number of nitrogens with two attached hydrogens (primary N) is 1. The number of aliphatic hydroxyl groups is 2. The lowest BCUT2D eigenvalue weighted by Crippen LogP contribution is -2.55. The molecule has 32 heavy (non-hydrogen) atoms. The van der Waals surface area contributed by atoms with Crippen molar-refractivity contribution in [3.8, 4) is 0 Å². The summed E-state index contributed by atoms with van der Waals surface area (Å²) < 4.78 is 19.2. The van der Waals surface area contributed by atoms with Crippen molar-refractivity contribution in [1.82, 2.24) is 10.6 Å². The number of esters is 1. The summed E-state index contributed by atoms with van der Waals surface area (Å²) in [6.45, 7) is 0.105. The van der Waals surface area contributed by atoms with E-state index in [0.717, 1.165) is 13.2 Å². The zero-order valence-electron chi connectivity index (χ0n) is 17.3. The number of aliphatic carboxylic acids is 1. The maximum atomic E-state index is 11.8. The molecule has 0 aromatic rings. The van der Waals surface area contributed by atoms with Crippen LogP contribution in [0.4, 0.5) is 9.59 Å². The molecule has 0 aliphatic carbocycles. The molecule has 0 spiro atoms. The van der Waals surface area contributed by atoms with Gasteiger partial charge in [0.1, 0.15) is 19.3 Å². The number of guanidine groups is 1. The Kier molecular flexibility index (Phi) is 10.7. The molecule has 4 atom stereocenters. The number of carboxylic acids is 1. The van der Waals surface area contributed by atoms with Crippen LogP contribution in [-0.2, 0) is 28.5 Å². The number of nitrogens with one attached hydrogen (secondary N) is 2. The third-order valence-electron chi connectivity index (χ3n) is 3.90. The van der Waals surface area contributed by atoms with Crippen molar-refractivity contribution in [1.29, 1.82) is 0 Å². The summed E-state index contributed by atoms with van der Waals surface area (Å²) in [6.07, 6.45) is -3.62. The van der Waals surface area contributed by atoms with Gasteiger partial charge in [0.05, 0.1) is 31.9 Å². The van der Waals surface area contributed by atoms with Crippen LogP contribution in [0.1, 0.15) is 13.3 Å². The normalized spacial score (nSPS) is 21.3. The number of rotatable bonds is 9. The van der Waals surface area contributed by atoms with Crippen LogP contribution in [0.2, 0.25) is 0 Å². The van der Waals surface area contributed by atoms with Gasteiger partial charge in [0.15, 0.2) is 5.96 Å². The van der Waals surface area contributed by atoms with Gasteiger partial charge in [0.25, 0.3) is 0 Å². The van der Waals surface area contributed by atoms with Crippen molar-refractivity contribution >= 4 is 30.1 Å². The highest BCUT2D eigenvalue weighted by Crippen LogP contribution is 2.24. The zero-order valence-corrected chi connectivity index (χ0v) is 17.3. The van der Waals surface area contributed by atoms with Crippen LogP contribution in [0.25, 0.3) is 0 Å². The van der Waals surface area contributed by atoms with E-state index in [1.54, 1.807) is 0 Å². The highest BCUT2D eigenvalue weighted by atomic mass is 16.6. The van der Waals surface area contributed by atoms with Crippen molar-refractivity contribution in [2.24, 2.45) is 10.7 Å². The van der Waals surface area contributed by atoms with E-state index in [2.05, 4.69) is 25.1 Å². The largest absolute Gasteiger partial charge is 0.481 e. The number of nitrogens with zero attached hydrogens (tertiary/aromatic N) is 1. The van der Waals surface area contributed by atoms with E-state index in [0.29, 0.717) is 0 Å². The second kappa shape index (κ2) is 13.0. The maximum Gasteiger partial charge on any atom is 0.414 e. The lowest BCUT2D eigenvalue weighted by atomic mass is 9.94. The summed E-state index contributed by atoms with van der Waals surface area (Å²) in [5.41, 5.74) is 5.68. The Bertz CT molecular complexity index is 755. The zero-order chi connectivity index (χ0) is 24.3. The van der Waals surface area contributed by atoms with Gasteiger partial charge in [-0.05, 0) is 6.08 Å². The van der Waals surface area contributed by atoms with Crippen molar-refractivity contribution < 1.29 is 53.4 Å². The number of hydrogen-bond donors (Lipinski definition) is 6. The second-order valence-electron chi connectivity index (χ2n) is 6.33. The summed E-state index contributed by atoms with van der Waals surface area (Å²) in [5.74, 6) is -3.05. The topological polar surface area (TPSA) is 228 Å². The highest BCUT2D eigenvalue weighted by molar-refractivity contribution is 5.93. The molecule has 0 saturated carbocycles. The molecule has 2 amide bonds. The fraction of sp³-hybridized carbons (Fsp3) is 0.588. The van der Waals surface area contributed by atoms with E-state index >= 15 is 0 Å². The lowest BCUT2D eigenvalue weighted by molar-refractivity contribution is -0.142. The molecule has 0 fully saturated rings. The molecule has 1 heterocycles. The fourth-order valence-electron chi connectivity index (χ4n) is 2.56. The van der Waals surface area contributed by atoms with Crippen LogP contribution in [0.5, 0.6) is 0 Å². The number of carbonyl (C=O) groups excluding carboxylic acids is 3. The molecular weight excluding hydrogens is 436 g/mol. The van der Waals surface area contributed by atoms with Crippen molar-refractivity contribution in [2.45, 2.75) is 37.6 Å². The van der Waals surface area contributed by atoms with Crippen molar-refractivity contribution in [3.63, 3.8) is 0 Å². The van der Waals surface area contributed by atoms with Gasteiger partial charge in [-0.3, -0.25) is 10.1 Å². The first-order valence-electron chi connectivity index (χ1n) is 9.22. The molecular formula is C17H26N4O11. The molecule has 1 rings (SSSR count). The number of aliphatic imine (C=N–C) groups is 1. The summed E-state index contributed by atoms with van der Waals surface area (Å²) in [6, 6.07) is -2.27. The van der Waals surface area contributed by atoms with Gasteiger partial charge in [-0.15, -0.1) is 0 Å². The Morgan fingerprint density at radius 1 is 1.25 bits per heavy atom. The Morgan fingerprint density at radius 2 is 1.91 bits per heavy atom. The van der Waals surface area contributed by atoms with E-state index in [9.17, 15) is 29.4 Å². The minimum Gasteiger partial charge on any atom is -0.481 e. The monoisotopic (exact) mass is 462 g/mol. The van der Waals surface area contributed by atoms with Crippen LogP contribution in [0.15, 0.2) is 16.8 Å². The molecule has 15 heteroatoms. The second-order valence-corrected chi connectivity index (χ2v) is 6.33. The number of ether oxygens (including phenoxy) is 4. The Hall–Kier alpha value is -3.59. The number of alkyl carbamates (subject to hydrolysis) is 2. The van der Waals surface area contributed by atoms with E-state index in [1.165, 1.54) is 6.92 Å². The first-order chi connectivity index (χ1) is 15.1. The summed E-state index contributed by atoms with van der Waals surface area (Å²) in [5, 5.41) is 32.6. The minimum absolute atomic E-state index is 0.176. The average Bonchev–Trinajstić information content (AvgIpc) is 2.72. The smallest absolute Gasteiger partial charge is 0.414 e. The van der Waals surface area contributed by atoms with Gasteiger partial charge in [0, 0.05) is 13.3 Å². The molecule has 1 aliphatic rings. The molecule has 0 bridgehead atoms. The van der Waals surface area contributed by atoms with Crippen LogP contribution in [0, 0.1) is 0 Å². The van der Waals surface area contributed by atoms with E-state index in [4.69, 9.17) is 20.3 Å². The van der Waals surface area contributed by atoms with E-state index < -0.39 is 66.7 Å². The quantitative estimate of drug-likeness (QED) is 0.0704. The minimum atomic E-state index is -1.46. The number of carbonyl (C=O) groups is 4. The van der Waals surface area contributed by atoms with Gasteiger partial charge in [-0.25, -0.2) is 19.4 Å². The SMILES string of the molecule is COC(=O)N[C@@H]1[C@H](N=C(N)NC(=O)OCCOC(C)=O)C=C(C(=O)O)O[C@@H]1C[C@H](O)CO. The molecule has 7 N–H and O–H groups in total. The van der Waals surface area contributed by atoms with Gasteiger partial charge in [-0.1, -0.05) is 0 Å². The predicted octanol–water partition coefficient (Wildman–Crippen LogP) is -2.21. The predicted molar refractivity (Wildman–Crippen MR) is 104 cm³/mol. The van der Waals surface area contributed by atoms with Gasteiger partial charge in [0.2, 0.25) is 5.76 Å². The lowest BCUT2D eigenvalue weighted by Gasteiger charge is -2.35. The third-order valence-corrected chi connectivity index (χ3v) is 3.90. The molecule has 180 valence electrons. The molecule has 0 unspecified atom stereocenters. The highest BCUT2D eigenvalue weighted by Gasteiger charge is 2.39. The maximum absolute atomic E-state index is 11.8. The molecule has 1 aliphatic heterocycles. The molecule has 0 radical (unpaired) electrons. The van der Waals surface area contributed by atoms with Crippen LogP contribution in [0.3, 0.4) is 0 Å². The number of carboxylic acid groups (broad SMARTS) is 1. The van der Waals surface area contributed by atoms with E-state index in [-0.39, 0.29) is 19.6 Å². The van der Waals surface area contributed by atoms with Crippen LogP contribution < -0.4 is 16.4 Å². The summed E-state index contributed by atoms with van der Waals surface area (Å²) >= 11 is 0. The first-order valence-corrected chi connectivity index (χ1v) is 9.22. The van der Waals surface area contributed by atoms with Crippen LogP contribution >= 0.6 is 0 Å². The number of amides is 2. The average molecular weight is 462 g/mol. The third kappa shape index (κ3) is 9.05. The van der Waals surface area contributed by atoms with Gasteiger partial charge < -0.3 is 45.3 Å². The van der Waals surface area contributed by atoms with E-state index in [1.807, 2.05) is 0 Å². The van der Waals surface area contributed by atoms with Crippen molar-refractivity contribution in [3.05, 3.63) is 11.8 Å². The summed E-state index contributed by atoms with van der Waals surface area (Å²) in [7, 11) is 1.09.